The van der Waals surface area contributed by atoms with Gasteiger partial charge in [-0.25, -0.2) is 18.7 Å². The van der Waals surface area contributed by atoms with Crippen LogP contribution in [0.25, 0.3) is 0 Å². The second-order valence-corrected chi connectivity index (χ2v) is 5.72. The molecule has 8 heteroatoms. The minimum Gasteiger partial charge on any atom is -0.365 e. The quantitative estimate of drug-likeness (QED) is 0.699. The van der Waals surface area contributed by atoms with Crippen molar-refractivity contribution in [3.8, 4) is 0 Å². The summed E-state index contributed by atoms with van der Waals surface area (Å²) in [7, 11) is 0. The van der Waals surface area contributed by atoms with Crippen LogP contribution in [0.15, 0.2) is 54.9 Å². The molecule has 0 aliphatic heterocycles. The molecule has 1 amide bonds. The van der Waals surface area contributed by atoms with Gasteiger partial charge >= 0.3 is 0 Å². The Morgan fingerprint density at radius 3 is 2.54 bits per heavy atom. The Bertz CT molecular complexity index is 935. The fraction of sp³-hybridized carbons (Fsp3) is 0.0556. The van der Waals surface area contributed by atoms with Crippen molar-refractivity contribution in [2.45, 2.75) is 6.54 Å². The van der Waals surface area contributed by atoms with E-state index in [1.807, 2.05) is 0 Å². The van der Waals surface area contributed by atoms with Crippen molar-refractivity contribution >= 4 is 29.0 Å². The van der Waals surface area contributed by atoms with Gasteiger partial charge in [0.25, 0.3) is 5.91 Å². The number of nitrogens with zero attached hydrogens (tertiary/aromatic N) is 2. The molecule has 0 fully saturated rings. The summed E-state index contributed by atoms with van der Waals surface area (Å²) in [4.78, 5) is 20.2. The van der Waals surface area contributed by atoms with Gasteiger partial charge in [-0.3, -0.25) is 4.79 Å². The average Bonchev–Trinajstić information content (AvgIpc) is 2.64. The normalized spacial score (nSPS) is 10.4. The van der Waals surface area contributed by atoms with Gasteiger partial charge in [0, 0.05) is 17.8 Å². The van der Waals surface area contributed by atoms with E-state index in [1.54, 1.807) is 18.2 Å². The maximum absolute atomic E-state index is 13.6. The zero-order chi connectivity index (χ0) is 18.5. The predicted octanol–water partition coefficient (Wildman–Crippen LogP) is 4.27. The van der Waals surface area contributed by atoms with Gasteiger partial charge in [0.15, 0.2) is 0 Å². The lowest BCUT2D eigenvalue weighted by Gasteiger charge is -2.08. The number of carbonyl (C=O) groups excluding carboxylic acids is 1. The summed E-state index contributed by atoms with van der Waals surface area (Å²) in [6.07, 6.45) is 2.65. The molecule has 0 unspecified atom stereocenters. The molecule has 0 saturated carbocycles. The van der Waals surface area contributed by atoms with Gasteiger partial charge in [-0.1, -0.05) is 29.8 Å². The van der Waals surface area contributed by atoms with Crippen molar-refractivity contribution in [3.63, 3.8) is 0 Å². The van der Waals surface area contributed by atoms with Crippen LogP contribution in [-0.2, 0) is 6.54 Å². The summed E-state index contributed by atoms with van der Waals surface area (Å²) in [5.74, 6) is -1.01. The lowest BCUT2D eigenvalue weighted by molar-refractivity contribution is 0.102. The summed E-state index contributed by atoms with van der Waals surface area (Å²) in [6.45, 7) is 0.237. The van der Waals surface area contributed by atoms with Gasteiger partial charge in [-0.05, 0) is 24.3 Å². The Balaban J connectivity index is 1.62. The number of hydrogen-bond donors (Lipinski definition) is 2. The van der Waals surface area contributed by atoms with E-state index in [1.165, 1.54) is 30.6 Å². The number of anilines is 2. The maximum atomic E-state index is 13.6. The first-order valence-corrected chi connectivity index (χ1v) is 7.96. The molecule has 0 saturated heterocycles. The van der Waals surface area contributed by atoms with E-state index in [9.17, 15) is 13.6 Å². The largest absolute Gasteiger partial charge is 0.365 e. The Hall–Kier alpha value is -3.06. The summed E-state index contributed by atoms with van der Waals surface area (Å²) in [5, 5.41) is 5.38. The fourth-order valence-corrected chi connectivity index (χ4v) is 2.31. The first kappa shape index (κ1) is 17.8. The number of carbonyl (C=O) groups is 1. The van der Waals surface area contributed by atoms with Gasteiger partial charge in [0.1, 0.15) is 23.1 Å². The minimum atomic E-state index is -0.574. The lowest BCUT2D eigenvalue weighted by atomic mass is 10.2. The van der Waals surface area contributed by atoms with E-state index in [4.69, 9.17) is 11.6 Å². The molecule has 3 rings (SSSR count). The zero-order valence-corrected chi connectivity index (χ0v) is 14.1. The molecule has 0 spiro atoms. The Kier molecular flexibility index (Phi) is 5.38. The van der Waals surface area contributed by atoms with E-state index in [0.29, 0.717) is 17.1 Å². The third kappa shape index (κ3) is 4.31. The second kappa shape index (κ2) is 7.88. The van der Waals surface area contributed by atoms with Crippen LogP contribution in [0.2, 0.25) is 5.02 Å². The van der Waals surface area contributed by atoms with Crippen molar-refractivity contribution in [1.29, 1.82) is 0 Å². The molecule has 1 aromatic heterocycles. The highest BCUT2D eigenvalue weighted by molar-refractivity contribution is 6.31. The van der Waals surface area contributed by atoms with Crippen molar-refractivity contribution in [1.82, 2.24) is 9.97 Å². The molecule has 0 aliphatic carbocycles. The second-order valence-electron chi connectivity index (χ2n) is 5.31. The van der Waals surface area contributed by atoms with Crippen molar-refractivity contribution in [3.05, 3.63) is 82.8 Å². The van der Waals surface area contributed by atoms with Crippen molar-refractivity contribution in [2.24, 2.45) is 0 Å². The Morgan fingerprint density at radius 1 is 1.04 bits per heavy atom. The van der Waals surface area contributed by atoms with E-state index in [0.717, 1.165) is 6.07 Å². The molecule has 0 atom stereocenters. The number of amides is 1. The molecular weight excluding hydrogens is 362 g/mol. The summed E-state index contributed by atoms with van der Waals surface area (Å²) in [5.41, 5.74) is 0.899. The van der Waals surface area contributed by atoms with E-state index < -0.39 is 11.7 Å². The number of halogens is 3. The van der Waals surface area contributed by atoms with Crippen LogP contribution in [0.4, 0.5) is 20.3 Å². The van der Waals surface area contributed by atoms with Gasteiger partial charge in [0.05, 0.1) is 17.4 Å². The molecule has 3 aromatic rings. The van der Waals surface area contributed by atoms with Gasteiger partial charge < -0.3 is 10.6 Å². The predicted molar refractivity (Wildman–Crippen MR) is 95.1 cm³/mol. The van der Waals surface area contributed by atoms with E-state index >= 15 is 0 Å². The van der Waals surface area contributed by atoms with Crippen molar-refractivity contribution < 1.29 is 13.6 Å². The molecule has 0 radical (unpaired) electrons. The SMILES string of the molecule is O=C(Nc1ccc(F)c(Cl)c1)c1cnc(NCc2ccccc2F)cn1. The van der Waals surface area contributed by atoms with Gasteiger partial charge in [0.2, 0.25) is 0 Å². The average molecular weight is 375 g/mol. The molecule has 5 nitrogen and oxygen atoms in total. The summed E-state index contributed by atoms with van der Waals surface area (Å²) >= 11 is 5.67. The van der Waals surface area contributed by atoms with Gasteiger partial charge in [-0.2, -0.15) is 0 Å². The smallest absolute Gasteiger partial charge is 0.275 e. The molecule has 0 aliphatic rings. The first-order chi connectivity index (χ1) is 12.5. The first-order valence-electron chi connectivity index (χ1n) is 7.58. The number of aromatic nitrogens is 2. The Labute approximate surface area is 153 Å². The van der Waals surface area contributed by atoms with E-state index in [-0.39, 0.29) is 23.1 Å². The highest BCUT2D eigenvalue weighted by Crippen LogP contribution is 2.19. The molecule has 2 aromatic carbocycles. The van der Waals surface area contributed by atoms with Crippen molar-refractivity contribution in [2.75, 3.05) is 10.6 Å². The number of nitrogens with one attached hydrogen (secondary N) is 2. The molecule has 26 heavy (non-hydrogen) atoms. The van der Waals surface area contributed by atoms with Crippen LogP contribution in [-0.4, -0.2) is 15.9 Å². The number of rotatable bonds is 5. The lowest BCUT2D eigenvalue weighted by Crippen LogP contribution is -2.14. The third-order valence-electron chi connectivity index (χ3n) is 3.48. The third-order valence-corrected chi connectivity index (χ3v) is 3.77. The van der Waals surface area contributed by atoms with Crippen LogP contribution in [0.5, 0.6) is 0 Å². The number of hydrogen-bond acceptors (Lipinski definition) is 4. The molecule has 1 heterocycles. The zero-order valence-electron chi connectivity index (χ0n) is 13.3. The fourth-order valence-electron chi connectivity index (χ4n) is 2.13. The standard InChI is InChI=1S/C18H13ClF2N4O/c19-13-7-12(5-6-15(13)21)25-18(26)16-9-24-17(10-22-16)23-8-11-3-1-2-4-14(11)20/h1-7,9-10H,8H2,(H,23,24)(H,25,26). The molecular formula is C18H13ClF2N4O. The Morgan fingerprint density at radius 2 is 1.85 bits per heavy atom. The minimum absolute atomic E-state index is 0.0712. The summed E-state index contributed by atoms with van der Waals surface area (Å²) < 4.78 is 26.7. The highest BCUT2D eigenvalue weighted by atomic mass is 35.5. The molecule has 132 valence electrons. The van der Waals surface area contributed by atoms with Crippen LogP contribution in [0, 0.1) is 11.6 Å². The highest BCUT2D eigenvalue weighted by Gasteiger charge is 2.10. The monoisotopic (exact) mass is 374 g/mol. The molecule has 2 N–H and O–H groups in total. The van der Waals surface area contributed by atoms with Crippen LogP contribution >= 0.6 is 11.6 Å². The molecule has 0 bridgehead atoms. The number of benzene rings is 2. The summed E-state index contributed by atoms with van der Waals surface area (Å²) in [6, 6.07) is 10.2. The van der Waals surface area contributed by atoms with Crippen LogP contribution < -0.4 is 10.6 Å². The van der Waals surface area contributed by atoms with E-state index in [2.05, 4.69) is 20.6 Å². The topological polar surface area (TPSA) is 66.9 Å². The van der Waals surface area contributed by atoms with Gasteiger partial charge in [-0.15, -0.1) is 0 Å². The van der Waals surface area contributed by atoms with Crippen LogP contribution in [0.3, 0.4) is 0 Å². The maximum Gasteiger partial charge on any atom is 0.275 e. The van der Waals surface area contributed by atoms with Crippen LogP contribution in [0.1, 0.15) is 16.1 Å².